The van der Waals surface area contributed by atoms with Crippen molar-refractivity contribution in [3.05, 3.63) is 74.7 Å². The fraction of sp³-hybridized carbons (Fsp3) is 0.370. The molecule has 10 heteroatoms. The number of hydrogen-bond acceptors (Lipinski definition) is 8. The second-order valence-electron chi connectivity index (χ2n) is 8.83. The van der Waals surface area contributed by atoms with Gasteiger partial charge in [0.25, 0.3) is 5.91 Å². The molecule has 198 valence electrons. The van der Waals surface area contributed by atoms with E-state index in [2.05, 4.69) is 4.98 Å². The number of aromatic nitrogens is 1. The first-order valence-corrected chi connectivity index (χ1v) is 14.6. The van der Waals surface area contributed by atoms with Crippen LogP contribution in [-0.2, 0) is 22.8 Å². The predicted molar refractivity (Wildman–Crippen MR) is 145 cm³/mol. The average Bonchev–Trinajstić information content (AvgIpc) is 3.23. The van der Waals surface area contributed by atoms with Gasteiger partial charge < -0.3 is 14.4 Å². The molecule has 0 radical (unpaired) electrons. The SMILES string of the molecule is COc1cc(C(=O)N(CCCc2ccccc2)Cc2nc(C(=O)CS(C)(=O)=O)c(C)s2)cc(OC)c1C. The van der Waals surface area contributed by atoms with Gasteiger partial charge in [0.05, 0.1) is 20.8 Å². The van der Waals surface area contributed by atoms with Gasteiger partial charge in [0.1, 0.15) is 28.0 Å². The van der Waals surface area contributed by atoms with E-state index in [-0.39, 0.29) is 18.1 Å². The molecular weight excluding hydrogens is 512 g/mol. The summed E-state index contributed by atoms with van der Waals surface area (Å²) >= 11 is 1.29. The molecule has 0 aliphatic heterocycles. The second kappa shape index (κ2) is 12.3. The Kier molecular flexibility index (Phi) is 9.45. The van der Waals surface area contributed by atoms with Gasteiger partial charge in [0.15, 0.2) is 15.6 Å². The van der Waals surface area contributed by atoms with E-state index >= 15 is 0 Å². The van der Waals surface area contributed by atoms with Gasteiger partial charge in [-0.2, -0.15) is 0 Å². The van der Waals surface area contributed by atoms with E-state index in [1.54, 1.807) is 38.2 Å². The topological polar surface area (TPSA) is 103 Å². The smallest absolute Gasteiger partial charge is 0.254 e. The summed E-state index contributed by atoms with van der Waals surface area (Å²) in [6.07, 6.45) is 2.53. The van der Waals surface area contributed by atoms with Gasteiger partial charge in [-0.05, 0) is 44.4 Å². The van der Waals surface area contributed by atoms with Crippen molar-refractivity contribution < 1.29 is 27.5 Å². The van der Waals surface area contributed by atoms with Crippen molar-refractivity contribution in [3.8, 4) is 11.5 Å². The molecule has 0 unspecified atom stereocenters. The van der Waals surface area contributed by atoms with Crippen molar-refractivity contribution in [1.29, 1.82) is 0 Å². The molecule has 8 nitrogen and oxygen atoms in total. The van der Waals surface area contributed by atoms with Crippen LogP contribution in [0.3, 0.4) is 0 Å². The van der Waals surface area contributed by atoms with E-state index in [4.69, 9.17) is 9.47 Å². The lowest BCUT2D eigenvalue weighted by atomic mass is 10.1. The number of aryl methyl sites for hydroxylation is 2. The lowest BCUT2D eigenvalue weighted by molar-refractivity contribution is 0.0740. The maximum atomic E-state index is 13.7. The fourth-order valence-electron chi connectivity index (χ4n) is 4.01. The standard InChI is InChI=1S/C27H32N2O6S2/c1-18-23(34-3)14-21(15-24(18)35-4)27(31)29(13-9-12-20-10-7-6-8-11-20)16-25-28-26(19(2)36-25)22(30)17-37(5,32)33/h6-8,10-11,14-15H,9,12-13,16-17H2,1-5H3. The van der Waals surface area contributed by atoms with E-state index < -0.39 is 21.4 Å². The zero-order valence-corrected chi connectivity index (χ0v) is 23.4. The maximum absolute atomic E-state index is 13.7. The van der Waals surface area contributed by atoms with Gasteiger partial charge in [0.2, 0.25) is 0 Å². The number of thiazole rings is 1. The molecule has 3 rings (SSSR count). The number of hydrogen-bond donors (Lipinski definition) is 0. The molecule has 1 heterocycles. The number of amides is 1. The highest BCUT2D eigenvalue weighted by Crippen LogP contribution is 2.30. The number of carbonyl (C=O) groups excluding carboxylic acids is 2. The average molecular weight is 545 g/mol. The molecule has 1 amide bonds. The van der Waals surface area contributed by atoms with Crippen LogP contribution in [0.1, 0.15) is 48.3 Å². The van der Waals surface area contributed by atoms with E-state index in [0.717, 1.165) is 24.7 Å². The summed E-state index contributed by atoms with van der Waals surface area (Å²) in [4.78, 5) is 32.9. The Morgan fingerprint density at radius 1 is 1.03 bits per heavy atom. The third kappa shape index (κ3) is 7.62. The van der Waals surface area contributed by atoms with Gasteiger partial charge in [-0.3, -0.25) is 9.59 Å². The van der Waals surface area contributed by atoms with Crippen LogP contribution < -0.4 is 9.47 Å². The Bertz CT molecular complexity index is 1340. The molecule has 0 saturated carbocycles. The van der Waals surface area contributed by atoms with Gasteiger partial charge in [-0.25, -0.2) is 13.4 Å². The minimum absolute atomic E-state index is 0.140. The van der Waals surface area contributed by atoms with Crippen molar-refractivity contribution in [2.24, 2.45) is 0 Å². The first-order chi connectivity index (χ1) is 17.5. The summed E-state index contributed by atoms with van der Waals surface area (Å²) < 4.78 is 34.1. The van der Waals surface area contributed by atoms with Crippen molar-refractivity contribution in [3.63, 3.8) is 0 Å². The zero-order valence-electron chi connectivity index (χ0n) is 21.7. The number of ether oxygens (including phenoxy) is 2. The predicted octanol–water partition coefficient (Wildman–Crippen LogP) is 4.28. The maximum Gasteiger partial charge on any atom is 0.254 e. The van der Waals surface area contributed by atoms with Crippen LogP contribution >= 0.6 is 11.3 Å². The van der Waals surface area contributed by atoms with E-state index in [0.29, 0.717) is 33.5 Å². The van der Waals surface area contributed by atoms with E-state index in [1.165, 1.54) is 16.9 Å². The van der Waals surface area contributed by atoms with Crippen molar-refractivity contribution in [1.82, 2.24) is 9.88 Å². The molecule has 0 bridgehead atoms. The summed E-state index contributed by atoms with van der Waals surface area (Å²) in [5.41, 5.74) is 2.52. The Hall–Kier alpha value is -3.24. The molecule has 3 aromatic rings. The molecule has 37 heavy (non-hydrogen) atoms. The lowest BCUT2D eigenvalue weighted by Gasteiger charge is -2.23. The fourth-order valence-corrected chi connectivity index (χ4v) is 5.59. The largest absolute Gasteiger partial charge is 0.496 e. The number of benzene rings is 2. The van der Waals surface area contributed by atoms with E-state index in [9.17, 15) is 18.0 Å². The van der Waals surface area contributed by atoms with Crippen molar-refractivity contribution >= 4 is 32.9 Å². The van der Waals surface area contributed by atoms with Gasteiger partial charge >= 0.3 is 0 Å². The number of rotatable bonds is 12. The third-order valence-corrected chi connectivity index (χ3v) is 7.59. The molecule has 0 aliphatic rings. The lowest BCUT2D eigenvalue weighted by Crippen LogP contribution is -2.32. The van der Waals surface area contributed by atoms with Crippen LogP contribution in [0.5, 0.6) is 11.5 Å². The zero-order chi connectivity index (χ0) is 27.2. The number of Topliss-reactive ketones (excluding diaryl/α,β-unsaturated/α-hetero) is 1. The van der Waals surface area contributed by atoms with Crippen LogP contribution in [0.25, 0.3) is 0 Å². The molecule has 2 aromatic carbocycles. The quantitative estimate of drug-likeness (QED) is 0.314. The van der Waals surface area contributed by atoms with Crippen LogP contribution in [0.4, 0.5) is 0 Å². The van der Waals surface area contributed by atoms with Crippen LogP contribution in [-0.4, -0.2) is 62.8 Å². The summed E-state index contributed by atoms with van der Waals surface area (Å²) in [5, 5.41) is 0.563. The Labute approximate surface area is 222 Å². The first kappa shape index (κ1) is 28.3. The van der Waals surface area contributed by atoms with Crippen molar-refractivity contribution in [2.45, 2.75) is 33.2 Å². The Morgan fingerprint density at radius 2 is 1.65 bits per heavy atom. The molecule has 0 spiro atoms. The van der Waals surface area contributed by atoms with Gasteiger partial charge in [0, 0.05) is 28.8 Å². The monoisotopic (exact) mass is 544 g/mol. The minimum atomic E-state index is -3.48. The molecule has 1 aromatic heterocycles. The third-order valence-electron chi connectivity index (χ3n) is 5.85. The molecule has 0 saturated heterocycles. The Morgan fingerprint density at radius 3 is 2.22 bits per heavy atom. The van der Waals surface area contributed by atoms with Gasteiger partial charge in [-0.15, -0.1) is 11.3 Å². The highest BCUT2D eigenvalue weighted by Gasteiger charge is 2.24. The number of methoxy groups -OCH3 is 2. The summed E-state index contributed by atoms with van der Waals surface area (Å²) in [6, 6.07) is 13.4. The Balaban J connectivity index is 1.89. The van der Waals surface area contributed by atoms with Crippen LogP contribution in [0.2, 0.25) is 0 Å². The van der Waals surface area contributed by atoms with E-state index in [1.807, 2.05) is 37.3 Å². The number of carbonyl (C=O) groups is 2. The summed E-state index contributed by atoms with van der Waals surface area (Å²) in [5.74, 6) is -0.268. The second-order valence-corrected chi connectivity index (χ2v) is 12.3. The minimum Gasteiger partial charge on any atom is -0.496 e. The number of nitrogens with zero attached hydrogens (tertiary/aromatic N) is 2. The molecular formula is C27H32N2O6S2. The highest BCUT2D eigenvalue weighted by atomic mass is 32.2. The normalized spacial score (nSPS) is 11.3. The number of sulfone groups is 1. The van der Waals surface area contributed by atoms with Gasteiger partial charge in [-0.1, -0.05) is 30.3 Å². The first-order valence-electron chi connectivity index (χ1n) is 11.8. The molecule has 0 atom stereocenters. The molecule has 0 N–H and O–H groups in total. The van der Waals surface area contributed by atoms with Crippen molar-refractivity contribution in [2.75, 3.05) is 32.8 Å². The summed E-state index contributed by atoms with van der Waals surface area (Å²) in [6.45, 7) is 4.23. The van der Waals surface area contributed by atoms with Crippen LogP contribution in [0.15, 0.2) is 42.5 Å². The molecule has 0 fully saturated rings. The number of ketones is 1. The highest BCUT2D eigenvalue weighted by molar-refractivity contribution is 7.91. The van der Waals surface area contributed by atoms with Crippen LogP contribution in [0, 0.1) is 13.8 Å². The molecule has 0 aliphatic carbocycles. The summed E-state index contributed by atoms with van der Waals surface area (Å²) in [7, 11) is -0.394.